The Morgan fingerprint density at radius 3 is 2.37 bits per heavy atom. The van der Waals surface area contributed by atoms with Crippen molar-refractivity contribution in [2.45, 2.75) is 26.4 Å². The van der Waals surface area contributed by atoms with Crippen LogP contribution in [0, 0.1) is 0 Å². The van der Waals surface area contributed by atoms with Crippen LogP contribution in [0.3, 0.4) is 0 Å². The van der Waals surface area contributed by atoms with Crippen molar-refractivity contribution in [1.29, 1.82) is 0 Å². The molecule has 0 bridgehead atoms. The maximum absolute atomic E-state index is 10.4. The molecule has 19 heavy (non-hydrogen) atoms. The number of carbonyl (C=O) groups is 1. The van der Waals surface area contributed by atoms with Crippen LogP contribution in [0.1, 0.15) is 31.3 Å². The Hall–Kier alpha value is 0.106. The Labute approximate surface area is 159 Å². The van der Waals surface area contributed by atoms with E-state index in [4.69, 9.17) is 0 Å². The molecule has 0 aliphatic rings. The SMILES string of the molecule is CC(C)(C)[O-].Cn1cc(C=O)nc1-c1nccs1.[K+]. The Morgan fingerprint density at radius 1 is 1.42 bits per heavy atom. The molecular weight excluding hydrogens is 289 g/mol. The van der Waals surface area contributed by atoms with Crippen molar-refractivity contribution >= 4 is 17.6 Å². The van der Waals surface area contributed by atoms with Gasteiger partial charge in [0.1, 0.15) is 5.69 Å². The summed E-state index contributed by atoms with van der Waals surface area (Å²) in [5.41, 5.74) is -0.312. The van der Waals surface area contributed by atoms with Gasteiger partial charge in [0.2, 0.25) is 0 Å². The van der Waals surface area contributed by atoms with Gasteiger partial charge in [-0.15, -0.1) is 16.9 Å². The van der Waals surface area contributed by atoms with Gasteiger partial charge < -0.3 is 9.67 Å². The summed E-state index contributed by atoms with van der Waals surface area (Å²) < 4.78 is 1.79. The summed E-state index contributed by atoms with van der Waals surface area (Å²) in [7, 11) is 1.84. The molecule has 0 atom stereocenters. The van der Waals surface area contributed by atoms with Crippen LogP contribution in [0.15, 0.2) is 17.8 Å². The Balaban J connectivity index is 0.000000471. The van der Waals surface area contributed by atoms with Crippen molar-refractivity contribution < 1.29 is 61.3 Å². The van der Waals surface area contributed by atoms with Crippen LogP contribution < -0.4 is 56.5 Å². The van der Waals surface area contributed by atoms with Crippen molar-refractivity contribution in [2.24, 2.45) is 7.05 Å². The number of nitrogens with zero attached hydrogens (tertiary/aromatic N) is 3. The third kappa shape index (κ3) is 7.45. The van der Waals surface area contributed by atoms with Crippen LogP contribution in [0.25, 0.3) is 10.8 Å². The predicted molar refractivity (Wildman–Crippen MR) is 69.5 cm³/mol. The van der Waals surface area contributed by atoms with E-state index in [0.717, 1.165) is 17.1 Å². The number of aldehydes is 1. The minimum absolute atomic E-state index is 0. The molecule has 2 aromatic heterocycles. The fourth-order valence-electron chi connectivity index (χ4n) is 1.08. The summed E-state index contributed by atoms with van der Waals surface area (Å²) in [5, 5.41) is 12.8. The van der Waals surface area contributed by atoms with Gasteiger partial charge in [0.15, 0.2) is 17.1 Å². The average Bonchev–Trinajstić information content (AvgIpc) is 2.83. The first kappa shape index (κ1) is 19.1. The molecule has 5 nitrogen and oxygen atoms in total. The van der Waals surface area contributed by atoms with Crippen LogP contribution in [0.4, 0.5) is 0 Å². The molecule has 7 heteroatoms. The van der Waals surface area contributed by atoms with Gasteiger partial charge in [-0.25, -0.2) is 9.97 Å². The van der Waals surface area contributed by atoms with Gasteiger partial charge in [0.05, 0.1) is 0 Å². The molecule has 0 saturated heterocycles. The molecule has 0 radical (unpaired) electrons. The molecule has 0 fully saturated rings. The first-order valence-corrected chi connectivity index (χ1v) is 6.28. The Morgan fingerprint density at radius 2 is 2.00 bits per heavy atom. The van der Waals surface area contributed by atoms with Gasteiger partial charge in [-0.2, -0.15) is 0 Å². The summed E-state index contributed by atoms with van der Waals surface area (Å²) in [5.74, 6) is 0.733. The first-order chi connectivity index (χ1) is 8.31. The predicted octanol–water partition coefficient (Wildman–Crippen LogP) is -1.49. The third-order valence-electron chi connectivity index (χ3n) is 1.64. The zero-order chi connectivity index (χ0) is 13.8. The van der Waals surface area contributed by atoms with Gasteiger partial charge in [0.25, 0.3) is 0 Å². The number of hydrogen-bond donors (Lipinski definition) is 0. The van der Waals surface area contributed by atoms with Crippen LogP contribution in [0.5, 0.6) is 0 Å². The molecule has 0 spiro atoms. The summed E-state index contributed by atoms with van der Waals surface area (Å²) >= 11 is 1.50. The normalized spacial score (nSPS) is 10.2. The molecule has 98 valence electrons. The zero-order valence-corrected chi connectivity index (χ0v) is 15.8. The van der Waals surface area contributed by atoms with Crippen molar-refractivity contribution in [3.8, 4) is 10.8 Å². The van der Waals surface area contributed by atoms with E-state index in [1.165, 1.54) is 11.3 Å². The van der Waals surface area contributed by atoms with E-state index in [9.17, 15) is 9.90 Å². The molecule has 2 aromatic rings. The van der Waals surface area contributed by atoms with Crippen LogP contribution in [-0.2, 0) is 7.05 Å². The number of imidazole rings is 1. The van der Waals surface area contributed by atoms with Crippen molar-refractivity contribution in [3.05, 3.63) is 23.5 Å². The molecular formula is C12H16KN3O2S. The van der Waals surface area contributed by atoms with Crippen molar-refractivity contribution in [1.82, 2.24) is 14.5 Å². The average molecular weight is 305 g/mol. The number of aromatic nitrogens is 3. The molecule has 2 heterocycles. The quantitative estimate of drug-likeness (QED) is 0.500. The third-order valence-corrected chi connectivity index (χ3v) is 2.41. The van der Waals surface area contributed by atoms with Gasteiger partial charge >= 0.3 is 51.4 Å². The molecule has 0 saturated carbocycles. The second-order valence-electron chi connectivity index (χ2n) is 4.67. The fourth-order valence-corrected chi connectivity index (χ4v) is 1.75. The second kappa shape index (κ2) is 8.41. The van der Waals surface area contributed by atoms with E-state index in [-0.39, 0.29) is 51.4 Å². The summed E-state index contributed by atoms with van der Waals surface area (Å²) in [6, 6.07) is 0. The second-order valence-corrected chi connectivity index (χ2v) is 5.56. The van der Waals surface area contributed by atoms with E-state index in [1.807, 2.05) is 12.4 Å². The summed E-state index contributed by atoms with van der Waals surface area (Å²) in [4.78, 5) is 18.7. The van der Waals surface area contributed by atoms with Crippen molar-refractivity contribution in [2.75, 3.05) is 0 Å². The van der Waals surface area contributed by atoms with E-state index >= 15 is 0 Å². The zero-order valence-electron chi connectivity index (χ0n) is 11.9. The van der Waals surface area contributed by atoms with Gasteiger partial charge in [0, 0.05) is 24.8 Å². The van der Waals surface area contributed by atoms with Gasteiger partial charge in [-0.05, 0) is 0 Å². The maximum Gasteiger partial charge on any atom is 1.00 e. The molecule has 0 aliphatic carbocycles. The molecule has 2 rings (SSSR count). The van der Waals surface area contributed by atoms with E-state index < -0.39 is 5.60 Å². The number of thiazole rings is 1. The van der Waals surface area contributed by atoms with Gasteiger partial charge in [-0.1, -0.05) is 20.8 Å². The summed E-state index contributed by atoms with van der Waals surface area (Å²) in [6.45, 7) is 4.90. The van der Waals surface area contributed by atoms with Crippen molar-refractivity contribution in [3.63, 3.8) is 0 Å². The topological polar surface area (TPSA) is 70.8 Å². The number of aryl methyl sites for hydroxylation is 1. The molecule has 0 N–H and O–H groups in total. The van der Waals surface area contributed by atoms with Crippen LogP contribution in [0.2, 0.25) is 0 Å². The molecule has 0 unspecified atom stereocenters. The maximum atomic E-state index is 10.4. The minimum Gasteiger partial charge on any atom is -0.850 e. The number of hydrogen-bond acceptors (Lipinski definition) is 5. The Kier molecular flexibility index (Phi) is 8.45. The standard InChI is InChI=1S/C8H7N3OS.C4H9O.K/c1-11-4-6(5-12)10-7(11)8-9-2-3-13-8;1-4(2,3)5;/h2-5H,1H3;1-3H3;/q;-1;+1. The molecule has 0 amide bonds. The fraction of sp³-hybridized carbons (Fsp3) is 0.417. The number of carbonyl (C=O) groups excluding carboxylic acids is 1. The minimum atomic E-state index is -0.750. The molecule has 0 aromatic carbocycles. The van der Waals surface area contributed by atoms with E-state index in [2.05, 4.69) is 9.97 Å². The number of rotatable bonds is 2. The molecule has 0 aliphatic heterocycles. The largest absolute Gasteiger partial charge is 1.00 e. The van der Waals surface area contributed by atoms with Crippen LogP contribution in [-0.4, -0.2) is 26.4 Å². The van der Waals surface area contributed by atoms with E-state index in [0.29, 0.717) is 5.69 Å². The van der Waals surface area contributed by atoms with E-state index in [1.54, 1.807) is 37.7 Å². The first-order valence-electron chi connectivity index (χ1n) is 5.40. The Bertz CT molecular complexity index is 498. The van der Waals surface area contributed by atoms with Gasteiger partial charge in [-0.3, -0.25) is 4.79 Å². The van der Waals surface area contributed by atoms with Crippen LogP contribution >= 0.6 is 11.3 Å². The smallest absolute Gasteiger partial charge is 0.850 e. The monoisotopic (exact) mass is 305 g/mol. The summed E-state index contributed by atoms with van der Waals surface area (Å²) in [6.07, 6.45) is 4.14.